The third-order valence-electron chi connectivity index (χ3n) is 4.46. The van der Waals surface area contributed by atoms with E-state index in [-0.39, 0.29) is 0 Å². The Balaban J connectivity index is 1.74. The molecule has 0 bridgehead atoms. The predicted molar refractivity (Wildman–Crippen MR) is 82.9 cm³/mol. The van der Waals surface area contributed by atoms with Crippen molar-refractivity contribution in [1.29, 1.82) is 0 Å². The van der Waals surface area contributed by atoms with Crippen LogP contribution in [0.4, 0.5) is 0 Å². The van der Waals surface area contributed by atoms with E-state index in [1.165, 1.54) is 83.5 Å². The highest BCUT2D eigenvalue weighted by molar-refractivity contribution is 4.96. The number of rotatable bonds is 11. The van der Waals surface area contributed by atoms with E-state index in [4.69, 9.17) is 0 Å². The molecule has 0 aromatic carbocycles. The predicted octanol–water partition coefficient (Wildman–Crippen LogP) is 6.65. The SMILES string of the molecule is CCC=C(C)CCCCCCCCCC1CCC1. The molecule has 0 atom stereocenters. The first-order valence-corrected chi connectivity index (χ1v) is 8.48. The van der Waals surface area contributed by atoms with Gasteiger partial charge in [-0.3, -0.25) is 0 Å². The summed E-state index contributed by atoms with van der Waals surface area (Å²) >= 11 is 0. The van der Waals surface area contributed by atoms with Gasteiger partial charge in [0.05, 0.1) is 0 Å². The highest BCUT2D eigenvalue weighted by Crippen LogP contribution is 2.31. The van der Waals surface area contributed by atoms with Gasteiger partial charge in [0.1, 0.15) is 0 Å². The normalized spacial score (nSPS) is 16.9. The molecule has 1 fully saturated rings. The van der Waals surface area contributed by atoms with Gasteiger partial charge in [0.2, 0.25) is 0 Å². The fourth-order valence-corrected chi connectivity index (χ4v) is 2.95. The first-order chi connectivity index (χ1) is 8.83. The van der Waals surface area contributed by atoms with E-state index >= 15 is 0 Å². The van der Waals surface area contributed by atoms with E-state index in [9.17, 15) is 0 Å². The molecule has 0 saturated heterocycles. The van der Waals surface area contributed by atoms with E-state index in [2.05, 4.69) is 19.9 Å². The summed E-state index contributed by atoms with van der Waals surface area (Å²) in [7, 11) is 0. The van der Waals surface area contributed by atoms with Gasteiger partial charge in [0.25, 0.3) is 0 Å². The third kappa shape index (κ3) is 7.95. The van der Waals surface area contributed by atoms with Crippen LogP contribution in [0, 0.1) is 5.92 Å². The first-order valence-electron chi connectivity index (χ1n) is 8.48. The van der Waals surface area contributed by atoms with Crippen molar-refractivity contribution in [1.82, 2.24) is 0 Å². The molecular weight excluding hydrogens is 216 g/mol. The van der Waals surface area contributed by atoms with Gasteiger partial charge in [-0.25, -0.2) is 0 Å². The molecule has 0 heterocycles. The second kappa shape index (κ2) is 10.6. The Kier molecular flexibility index (Phi) is 9.34. The molecular formula is C18H34. The molecule has 0 amide bonds. The Labute approximate surface area is 115 Å². The zero-order valence-electron chi connectivity index (χ0n) is 12.8. The van der Waals surface area contributed by atoms with Crippen molar-refractivity contribution in [3.63, 3.8) is 0 Å². The summed E-state index contributed by atoms with van der Waals surface area (Å²) in [6, 6.07) is 0. The van der Waals surface area contributed by atoms with Crippen molar-refractivity contribution >= 4 is 0 Å². The molecule has 0 nitrogen and oxygen atoms in total. The van der Waals surface area contributed by atoms with Crippen LogP contribution in [0.15, 0.2) is 11.6 Å². The molecule has 18 heavy (non-hydrogen) atoms. The van der Waals surface area contributed by atoms with Crippen LogP contribution in [0.25, 0.3) is 0 Å². The smallest absolute Gasteiger partial charge is 0.0323 e. The second-order valence-corrected chi connectivity index (χ2v) is 6.27. The molecule has 0 aromatic heterocycles. The van der Waals surface area contributed by atoms with Crippen molar-refractivity contribution in [3.05, 3.63) is 11.6 Å². The zero-order chi connectivity index (χ0) is 13.1. The van der Waals surface area contributed by atoms with Crippen LogP contribution >= 0.6 is 0 Å². The molecule has 0 unspecified atom stereocenters. The fraction of sp³-hybridized carbons (Fsp3) is 0.889. The van der Waals surface area contributed by atoms with Crippen LogP contribution in [-0.4, -0.2) is 0 Å². The maximum absolute atomic E-state index is 2.38. The quantitative estimate of drug-likeness (QED) is 0.284. The summed E-state index contributed by atoms with van der Waals surface area (Å²) in [4.78, 5) is 0. The monoisotopic (exact) mass is 250 g/mol. The molecule has 0 aliphatic heterocycles. The number of unbranched alkanes of at least 4 members (excludes halogenated alkanes) is 6. The lowest BCUT2D eigenvalue weighted by molar-refractivity contribution is 0.286. The van der Waals surface area contributed by atoms with Crippen molar-refractivity contribution < 1.29 is 0 Å². The minimum Gasteiger partial charge on any atom is -0.0859 e. The lowest BCUT2D eigenvalue weighted by Crippen LogP contribution is -2.10. The second-order valence-electron chi connectivity index (χ2n) is 6.27. The minimum absolute atomic E-state index is 1.12. The van der Waals surface area contributed by atoms with Crippen LogP contribution < -0.4 is 0 Å². The first kappa shape index (κ1) is 15.8. The summed E-state index contributed by atoms with van der Waals surface area (Å²) < 4.78 is 0. The summed E-state index contributed by atoms with van der Waals surface area (Å²) in [5, 5.41) is 0. The number of hydrogen-bond acceptors (Lipinski definition) is 0. The third-order valence-corrected chi connectivity index (χ3v) is 4.46. The highest BCUT2D eigenvalue weighted by Gasteiger charge is 2.15. The topological polar surface area (TPSA) is 0 Å². The molecule has 0 spiro atoms. The zero-order valence-corrected chi connectivity index (χ0v) is 12.8. The fourth-order valence-electron chi connectivity index (χ4n) is 2.95. The molecule has 0 heteroatoms. The van der Waals surface area contributed by atoms with Gasteiger partial charge in [-0.2, -0.15) is 0 Å². The molecule has 1 aliphatic carbocycles. The van der Waals surface area contributed by atoms with Crippen molar-refractivity contribution in [2.45, 2.75) is 97.3 Å². The van der Waals surface area contributed by atoms with Gasteiger partial charge >= 0.3 is 0 Å². The van der Waals surface area contributed by atoms with E-state index in [0.29, 0.717) is 0 Å². The van der Waals surface area contributed by atoms with Gasteiger partial charge in [0, 0.05) is 0 Å². The van der Waals surface area contributed by atoms with Crippen LogP contribution in [-0.2, 0) is 0 Å². The summed E-state index contributed by atoms with van der Waals surface area (Å²) in [5.74, 6) is 1.12. The lowest BCUT2D eigenvalue weighted by Gasteiger charge is -2.24. The van der Waals surface area contributed by atoms with E-state index in [1.807, 2.05) is 0 Å². The van der Waals surface area contributed by atoms with Gasteiger partial charge in [-0.05, 0) is 32.1 Å². The maximum Gasteiger partial charge on any atom is -0.0323 e. The molecule has 106 valence electrons. The Morgan fingerprint density at radius 2 is 1.56 bits per heavy atom. The van der Waals surface area contributed by atoms with Crippen molar-refractivity contribution in [2.24, 2.45) is 5.92 Å². The molecule has 1 aliphatic rings. The molecule has 0 radical (unpaired) electrons. The van der Waals surface area contributed by atoms with Gasteiger partial charge in [-0.15, -0.1) is 0 Å². The lowest BCUT2D eigenvalue weighted by atomic mass is 9.81. The Hall–Kier alpha value is -0.260. The van der Waals surface area contributed by atoms with Gasteiger partial charge < -0.3 is 0 Å². The Bertz CT molecular complexity index is 210. The highest BCUT2D eigenvalue weighted by atomic mass is 14.2. The molecule has 1 saturated carbocycles. The van der Waals surface area contributed by atoms with Gasteiger partial charge in [0.15, 0.2) is 0 Å². The molecule has 0 aromatic rings. The standard InChI is InChI=1S/C18H34/c1-3-12-17(2)13-9-7-5-4-6-8-10-14-18-15-11-16-18/h12,18H,3-11,13-16H2,1-2H3. The average molecular weight is 250 g/mol. The average Bonchev–Trinajstić information content (AvgIpc) is 2.29. The van der Waals surface area contributed by atoms with Crippen molar-refractivity contribution in [3.8, 4) is 0 Å². The minimum atomic E-state index is 1.12. The maximum atomic E-state index is 2.38. The summed E-state index contributed by atoms with van der Waals surface area (Å²) in [5.41, 5.74) is 1.60. The van der Waals surface area contributed by atoms with E-state index in [0.717, 1.165) is 5.92 Å². The van der Waals surface area contributed by atoms with Crippen LogP contribution in [0.2, 0.25) is 0 Å². The Morgan fingerprint density at radius 3 is 2.11 bits per heavy atom. The van der Waals surface area contributed by atoms with Crippen molar-refractivity contribution in [2.75, 3.05) is 0 Å². The summed E-state index contributed by atoms with van der Waals surface area (Å²) in [6.45, 7) is 4.51. The molecule has 1 rings (SSSR count). The number of allylic oxidation sites excluding steroid dienone is 2. The van der Waals surface area contributed by atoms with Crippen LogP contribution in [0.5, 0.6) is 0 Å². The number of hydrogen-bond donors (Lipinski definition) is 0. The van der Waals surface area contributed by atoms with Crippen LogP contribution in [0.3, 0.4) is 0 Å². The van der Waals surface area contributed by atoms with E-state index in [1.54, 1.807) is 5.57 Å². The Morgan fingerprint density at radius 1 is 0.944 bits per heavy atom. The van der Waals surface area contributed by atoms with E-state index < -0.39 is 0 Å². The molecule has 0 N–H and O–H groups in total. The largest absolute Gasteiger partial charge is 0.0859 e. The summed E-state index contributed by atoms with van der Waals surface area (Å²) in [6.07, 6.45) is 21.3. The van der Waals surface area contributed by atoms with Crippen LogP contribution in [0.1, 0.15) is 97.3 Å². The van der Waals surface area contributed by atoms with Gasteiger partial charge in [-0.1, -0.05) is 82.8 Å².